The summed E-state index contributed by atoms with van der Waals surface area (Å²) in [5, 5.41) is 0. The molecule has 1 aliphatic carbocycles. The van der Waals surface area contributed by atoms with Gasteiger partial charge >= 0.3 is 0 Å². The van der Waals surface area contributed by atoms with E-state index in [1.165, 1.54) is 0 Å². The monoisotopic (exact) mass is 392 g/mol. The molecule has 0 aromatic heterocycles. The second-order valence-corrected chi connectivity index (χ2v) is 8.54. The van der Waals surface area contributed by atoms with E-state index in [4.69, 9.17) is 0 Å². The van der Waals surface area contributed by atoms with E-state index in [1.807, 2.05) is 0 Å². The Morgan fingerprint density at radius 3 is 2.59 bits per heavy atom. The number of hydrogen-bond donors (Lipinski definition) is 1. The van der Waals surface area contributed by atoms with Crippen LogP contribution < -0.4 is 9.62 Å². The minimum atomic E-state index is -4.22. The number of fused-ring (bicyclic) bond motifs is 1. The zero-order valence-electron chi connectivity index (χ0n) is 14.4. The largest absolute Gasteiger partial charge is 0.312 e. The number of rotatable bonds is 4. The van der Waals surface area contributed by atoms with Crippen LogP contribution in [0.3, 0.4) is 0 Å². The lowest BCUT2D eigenvalue weighted by Crippen LogP contribution is -2.36. The minimum absolute atomic E-state index is 0.0598. The van der Waals surface area contributed by atoms with Crippen LogP contribution in [0, 0.1) is 17.6 Å². The van der Waals surface area contributed by atoms with Crippen molar-refractivity contribution in [3.8, 4) is 0 Å². The first-order chi connectivity index (χ1) is 12.8. The molecular weight excluding hydrogens is 374 g/mol. The van der Waals surface area contributed by atoms with Gasteiger partial charge in [-0.15, -0.1) is 0 Å². The van der Waals surface area contributed by atoms with E-state index >= 15 is 0 Å². The average molecular weight is 392 g/mol. The number of hydrogen-bond acceptors (Lipinski definition) is 3. The van der Waals surface area contributed by atoms with Crippen molar-refractivity contribution >= 4 is 27.3 Å². The lowest BCUT2D eigenvalue weighted by atomic mass is 10.0. The van der Waals surface area contributed by atoms with Crippen molar-refractivity contribution in [2.24, 2.45) is 5.92 Å². The Labute approximate surface area is 156 Å². The smallest absolute Gasteiger partial charge is 0.264 e. The van der Waals surface area contributed by atoms with Gasteiger partial charge in [0, 0.05) is 24.2 Å². The first-order valence-corrected chi connectivity index (χ1v) is 10.3. The van der Waals surface area contributed by atoms with Crippen LogP contribution in [0.5, 0.6) is 0 Å². The fourth-order valence-electron chi connectivity index (χ4n) is 3.32. The molecule has 2 aromatic carbocycles. The van der Waals surface area contributed by atoms with Crippen molar-refractivity contribution in [2.75, 3.05) is 16.2 Å². The third-order valence-corrected chi connectivity index (χ3v) is 6.25. The summed E-state index contributed by atoms with van der Waals surface area (Å²) in [6, 6.07) is 7.27. The number of anilines is 2. The summed E-state index contributed by atoms with van der Waals surface area (Å²) in [5.74, 6) is -1.88. The molecule has 1 amide bonds. The van der Waals surface area contributed by atoms with E-state index < -0.39 is 26.6 Å². The molecule has 0 radical (unpaired) electrons. The van der Waals surface area contributed by atoms with E-state index in [0.29, 0.717) is 18.3 Å². The average Bonchev–Trinajstić information content (AvgIpc) is 3.45. The summed E-state index contributed by atoms with van der Waals surface area (Å²) in [6.45, 7) is 0.602. The molecule has 27 heavy (non-hydrogen) atoms. The van der Waals surface area contributed by atoms with E-state index in [9.17, 15) is 22.0 Å². The highest BCUT2D eigenvalue weighted by Gasteiger charge is 2.35. The third kappa shape index (κ3) is 3.53. The summed E-state index contributed by atoms with van der Waals surface area (Å²) in [5.41, 5.74) is 1.90. The van der Waals surface area contributed by atoms with Crippen molar-refractivity contribution in [2.45, 2.75) is 30.6 Å². The zero-order valence-corrected chi connectivity index (χ0v) is 15.2. The Bertz CT molecular complexity index is 1020. The quantitative estimate of drug-likeness (QED) is 0.867. The number of halogens is 2. The fraction of sp³-hybridized carbons (Fsp3) is 0.316. The summed E-state index contributed by atoms with van der Waals surface area (Å²) in [4.78, 5) is 13.6. The molecule has 1 N–H and O–H groups in total. The van der Waals surface area contributed by atoms with E-state index in [1.54, 1.807) is 23.1 Å². The number of benzene rings is 2. The van der Waals surface area contributed by atoms with Crippen LogP contribution in [0.15, 0.2) is 41.3 Å². The number of nitrogens with one attached hydrogen (secondary N) is 1. The van der Waals surface area contributed by atoms with Crippen molar-refractivity contribution < 1.29 is 22.0 Å². The maximum atomic E-state index is 13.9. The van der Waals surface area contributed by atoms with Crippen LogP contribution in [0.25, 0.3) is 0 Å². The lowest BCUT2D eigenvalue weighted by molar-refractivity contribution is -0.119. The highest BCUT2D eigenvalue weighted by atomic mass is 32.2. The van der Waals surface area contributed by atoms with Gasteiger partial charge in [-0.2, -0.15) is 0 Å². The van der Waals surface area contributed by atoms with E-state index in [2.05, 4.69) is 4.72 Å². The van der Waals surface area contributed by atoms with Crippen LogP contribution in [0.1, 0.15) is 24.8 Å². The summed E-state index contributed by atoms with van der Waals surface area (Å²) in [6.07, 6.45) is 3.45. The molecule has 142 valence electrons. The number of carbonyl (C=O) groups excluding carboxylic acids is 1. The number of amides is 1. The predicted molar refractivity (Wildman–Crippen MR) is 97.0 cm³/mol. The molecule has 1 fully saturated rings. The fourth-order valence-corrected chi connectivity index (χ4v) is 4.43. The second-order valence-electron chi connectivity index (χ2n) is 6.89. The Hall–Kier alpha value is -2.48. The number of nitrogens with zero attached hydrogens (tertiary/aromatic N) is 1. The van der Waals surface area contributed by atoms with Gasteiger partial charge in [-0.1, -0.05) is 6.07 Å². The van der Waals surface area contributed by atoms with Gasteiger partial charge in [-0.05, 0) is 55.5 Å². The maximum Gasteiger partial charge on any atom is 0.264 e. The number of carbonyl (C=O) groups is 1. The van der Waals surface area contributed by atoms with Crippen molar-refractivity contribution in [3.63, 3.8) is 0 Å². The standard InChI is InChI=1S/C19H18F2N2O3S/c20-14-6-8-18(16(21)10-14)27(25,26)22-15-7-5-12-2-1-9-23(17(12)11-15)19(24)13-3-4-13/h5-8,10-11,13,22H,1-4,9H2. The Balaban J connectivity index is 1.65. The molecule has 0 unspecified atom stereocenters. The highest BCUT2D eigenvalue weighted by molar-refractivity contribution is 7.92. The normalized spacial score (nSPS) is 16.7. The van der Waals surface area contributed by atoms with E-state index in [-0.39, 0.29) is 17.5 Å². The molecule has 1 heterocycles. The molecule has 2 aromatic rings. The van der Waals surface area contributed by atoms with Crippen molar-refractivity contribution in [3.05, 3.63) is 53.6 Å². The predicted octanol–water partition coefficient (Wildman–Crippen LogP) is 3.45. The summed E-state index contributed by atoms with van der Waals surface area (Å²) < 4.78 is 54.2. The zero-order chi connectivity index (χ0) is 19.2. The van der Waals surface area contributed by atoms with E-state index in [0.717, 1.165) is 43.4 Å². The molecule has 1 saturated carbocycles. The van der Waals surface area contributed by atoms with Crippen LogP contribution in [0.4, 0.5) is 20.2 Å². The van der Waals surface area contributed by atoms with Gasteiger partial charge in [-0.3, -0.25) is 9.52 Å². The van der Waals surface area contributed by atoms with Gasteiger partial charge in [0.2, 0.25) is 5.91 Å². The van der Waals surface area contributed by atoms with Gasteiger partial charge in [0.15, 0.2) is 0 Å². The van der Waals surface area contributed by atoms with Crippen LogP contribution >= 0.6 is 0 Å². The Morgan fingerprint density at radius 1 is 1.11 bits per heavy atom. The molecule has 4 rings (SSSR count). The highest BCUT2D eigenvalue weighted by Crippen LogP contribution is 2.37. The third-order valence-electron chi connectivity index (χ3n) is 4.83. The minimum Gasteiger partial charge on any atom is -0.312 e. The number of aryl methyl sites for hydroxylation is 1. The van der Waals surface area contributed by atoms with Gasteiger partial charge in [0.05, 0.1) is 5.69 Å². The lowest BCUT2D eigenvalue weighted by Gasteiger charge is -2.30. The first-order valence-electron chi connectivity index (χ1n) is 8.77. The molecule has 2 aliphatic rings. The summed E-state index contributed by atoms with van der Waals surface area (Å²) >= 11 is 0. The topological polar surface area (TPSA) is 66.5 Å². The number of sulfonamides is 1. The Morgan fingerprint density at radius 2 is 1.89 bits per heavy atom. The molecule has 0 spiro atoms. The molecule has 0 atom stereocenters. The summed E-state index contributed by atoms with van der Waals surface area (Å²) in [7, 11) is -4.22. The van der Waals surface area contributed by atoms with Gasteiger partial charge in [0.25, 0.3) is 10.0 Å². The first kappa shape index (κ1) is 17.9. The SMILES string of the molecule is O=C(C1CC1)N1CCCc2ccc(NS(=O)(=O)c3ccc(F)cc3F)cc21. The van der Waals surface area contributed by atoms with Gasteiger partial charge in [0.1, 0.15) is 16.5 Å². The maximum absolute atomic E-state index is 13.9. The molecule has 8 heteroatoms. The molecule has 0 saturated heterocycles. The van der Waals surface area contributed by atoms with Crippen molar-refractivity contribution in [1.29, 1.82) is 0 Å². The van der Waals surface area contributed by atoms with Gasteiger partial charge < -0.3 is 4.90 Å². The molecule has 5 nitrogen and oxygen atoms in total. The second kappa shape index (κ2) is 6.60. The van der Waals surface area contributed by atoms with Gasteiger partial charge in [-0.25, -0.2) is 17.2 Å². The van der Waals surface area contributed by atoms with Crippen molar-refractivity contribution in [1.82, 2.24) is 0 Å². The van der Waals surface area contributed by atoms with Crippen LogP contribution in [0.2, 0.25) is 0 Å². The van der Waals surface area contributed by atoms with Crippen LogP contribution in [-0.4, -0.2) is 20.9 Å². The molecule has 1 aliphatic heterocycles. The Kier molecular flexibility index (Phi) is 4.38. The molecule has 0 bridgehead atoms. The molecular formula is C19H18F2N2O3S. The van der Waals surface area contributed by atoms with Crippen LogP contribution in [-0.2, 0) is 21.2 Å².